The monoisotopic (exact) mass is 180 g/mol. The van der Waals surface area contributed by atoms with Gasteiger partial charge in [0.15, 0.2) is 11.3 Å². The normalized spacial score (nSPS) is 10.2. The van der Waals surface area contributed by atoms with Crippen molar-refractivity contribution in [3.05, 3.63) is 22.9 Å². The second-order valence-electron chi connectivity index (χ2n) is 2.22. The number of furan rings is 1. The fourth-order valence-electron chi connectivity index (χ4n) is 0.976. The Hall–Kier alpha value is -2.11. The number of aromatic nitrogens is 2. The molecule has 0 bridgehead atoms. The van der Waals surface area contributed by atoms with E-state index in [2.05, 4.69) is 14.7 Å². The number of aromatic amines is 1. The average molecular weight is 180 g/mol. The first-order chi connectivity index (χ1) is 6.33. The van der Waals surface area contributed by atoms with Crippen LogP contribution in [0.25, 0.3) is 11.1 Å². The van der Waals surface area contributed by atoms with E-state index in [-0.39, 0.29) is 23.3 Å². The molecule has 0 fully saturated rings. The zero-order valence-electron chi connectivity index (χ0n) is 6.31. The number of carbonyl (C=O) groups excluding carboxylic acids is 1. The molecule has 0 spiro atoms. The highest BCUT2D eigenvalue weighted by atomic mass is 16.5. The summed E-state index contributed by atoms with van der Waals surface area (Å²) in [7, 11) is 0. The minimum atomic E-state index is -0.411. The molecule has 13 heavy (non-hydrogen) atoms. The van der Waals surface area contributed by atoms with Crippen molar-refractivity contribution in [2.24, 2.45) is 0 Å². The zero-order valence-corrected chi connectivity index (χ0v) is 6.31. The van der Waals surface area contributed by atoms with E-state index in [4.69, 9.17) is 4.42 Å². The molecule has 2 aromatic heterocycles. The zero-order chi connectivity index (χ0) is 9.26. The fourth-order valence-corrected chi connectivity index (χ4v) is 0.976. The molecule has 66 valence electrons. The third kappa shape index (κ3) is 1.08. The molecule has 0 aliphatic rings. The van der Waals surface area contributed by atoms with Gasteiger partial charge in [0.1, 0.15) is 6.26 Å². The van der Waals surface area contributed by atoms with Crippen LogP contribution in [0.3, 0.4) is 0 Å². The lowest BCUT2D eigenvalue weighted by Gasteiger charge is -1.89. The average Bonchev–Trinajstić information content (AvgIpc) is 2.51. The molecule has 0 aliphatic carbocycles. The molecule has 1 N–H and O–H groups in total. The first-order valence-corrected chi connectivity index (χ1v) is 3.38. The number of hydrogen-bond donors (Lipinski definition) is 1. The van der Waals surface area contributed by atoms with Crippen LogP contribution in [0.4, 0.5) is 0 Å². The predicted octanol–water partition coefficient (Wildman–Crippen LogP) is 0.0513. The summed E-state index contributed by atoms with van der Waals surface area (Å²) >= 11 is 0. The van der Waals surface area contributed by atoms with E-state index in [1.165, 1.54) is 6.33 Å². The van der Waals surface area contributed by atoms with Crippen molar-refractivity contribution in [3.63, 3.8) is 0 Å². The van der Waals surface area contributed by atoms with Gasteiger partial charge < -0.3 is 14.1 Å². The Balaban J connectivity index is 2.75. The Morgan fingerprint density at radius 2 is 2.46 bits per heavy atom. The van der Waals surface area contributed by atoms with Crippen LogP contribution in [0.5, 0.6) is 5.75 Å². The number of rotatable bonds is 2. The molecule has 0 aliphatic heterocycles. The number of carbonyl (C=O) groups is 1. The minimum Gasteiger partial charge on any atom is -0.453 e. The van der Waals surface area contributed by atoms with Crippen molar-refractivity contribution in [3.8, 4) is 5.75 Å². The van der Waals surface area contributed by atoms with Gasteiger partial charge in [0, 0.05) is 0 Å². The Morgan fingerprint density at radius 1 is 1.62 bits per heavy atom. The lowest BCUT2D eigenvalue weighted by molar-refractivity contribution is -0.120. The van der Waals surface area contributed by atoms with E-state index >= 15 is 0 Å². The highest BCUT2D eigenvalue weighted by Crippen LogP contribution is 2.21. The molecule has 2 aromatic rings. The van der Waals surface area contributed by atoms with Crippen LogP contribution >= 0.6 is 0 Å². The van der Waals surface area contributed by atoms with Crippen LogP contribution in [0.15, 0.2) is 21.8 Å². The number of ether oxygens (including phenoxy) is 1. The van der Waals surface area contributed by atoms with Crippen molar-refractivity contribution >= 4 is 17.6 Å². The largest absolute Gasteiger partial charge is 0.453 e. The molecule has 2 rings (SSSR count). The smallest absolute Gasteiger partial charge is 0.298 e. The van der Waals surface area contributed by atoms with Crippen molar-refractivity contribution in [1.29, 1.82) is 0 Å². The number of H-pyrrole nitrogens is 1. The van der Waals surface area contributed by atoms with Gasteiger partial charge in [-0.05, 0) is 0 Å². The van der Waals surface area contributed by atoms with Crippen molar-refractivity contribution in [1.82, 2.24) is 9.97 Å². The standard InChI is InChI=1S/C7H4N2O4/c10-3-13-4-1-12-6-5(4)8-2-9-7(6)11/h1-3H,(H,8,9,11). The van der Waals surface area contributed by atoms with Crippen molar-refractivity contribution in [2.75, 3.05) is 0 Å². The van der Waals surface area contributed by atoms with E-state index in [9.17, 15) is 9.59 Å². The summed E-state index contributed by atoms with van der Waals surface area (Å²) in [6.45, 7) is 0.243. The molecule has 2 heterocycles. The van der Waals surface area contributed by atoms with Gasteiger partial charge >= 0.3 is 0 Å². The Labute approximate surface area is 71.1 Å². The summed E-state index contributed by atoms with van der Waals surface area (Å²) in [5.74, 6) is 0.135. The van der Waals surface area contributed by atoms with Gasteiger partial charge in [-0.2, -0.15) is 0 Å². The molecular formula is C7H4N2O4. The first kappa shape index (κ1) is 7.53. The minimum absolute atomic E-state index is 0.0411. The quantitative estimate of drug-likeness (QED) is 0.660. The van der Waals surface area contributed by atoms with Crippen LogP contribution < -0.4 is 10.3 Å². The van der Waals surface area contributed by atoms with Crippen LogP contribution in [0.2, 0.25) is 0 Å². The van der Waals surface area contributed by atoms with Gasteiger partial charge in [-0.15, -0.1) is 0 Å². The van der Waals surface area contributed by atoms with E-state index in [0.717, 1.165) is 6.26 Å². The number of fused-ring (bicyclic) bond motifs is 1. The van der Waals surface area contributed by atoms with Gasteiger partial charge in [0.2, 0.25) is 5.58 Å². The summed E-state index contributed by atoms with van der Waals surface area (Å²) in [6, 6.07) is 0. The van der Waals surface area contributed by atoms with Gasteiger partial charge in [0.25, 0.3) is 12.0 Å². The van der Waals surface area contributed by atoms with Crippen molar-refractivity contribution < 1.29 is 13.9 Å². The topological polar surface area (TPSA) is 85.2 Å². The maximum atomic E-state index is 11.1. The SMILES string of the molecule is O=COc1coc2c(=O)[nH]cnc12. The molecule has 6 nitrogen and oxygen atoms in total. The molecule has 0 radical (unpaired) electrons. The molecule has 6 heteroatoms. The van der Waals surface area contributed by atoms with Crippen molar-refractivity contribution in [2.45, 2.75) is 0 Å². The third-order valence-electron chi connectivity index (χ3n) is 1.50. The van der Waals surface area contributed by atoms with Gasteiger partial charge in [0.05, 0.1) is 6.33 Å². The maximum absolute atomic E-state index is 11.1. The summed E-state index contributed by atoms with van der Waals surface area (Å²) in [5, 5.41) is 0. The summed E-state index contributed by atoms with van der Waals surface area (Å²) < 4.78 is 9.37. The van der Waals surface area contributed by atoms with E-state index in [0.29, 0.717) is 0 Å². The summed E-state index contributed by atoms with van der Waals surface area (Å²) in [4.78, 5) is 27.2. The lowest BCUT2D eigenvalue weighted by Crippen LogP contribution is -2.04. The molecular weight excluding hydrogens is 176 g/mol. The van der Waals surface area contributed by atoms with Crippen LogP contribution in [-0.2, 0) is 4.79 Å². The second kappa shape index (κ2) is 2.74. The molecule has 0 aromatic carbocycles. The first-order valence-electron chi connectivity index (χ1n) is 3.38. The summed E-state index contributed by atoms with van der Waals surface area (Å²) in [5.41, 5.74) is -0.138. The van der Waals surface area contributed by atoms with Gasteiger partial charge in [-0.3, -0.25) is 9.59 Å². The Morgan fingerprint density at radius 3 is 3.23 bits per heavy atom. The summed E-state index contributed by atoms with van der Waals surface area (Å²) in [6.07, 6.45) is 2.36. The molecule has 0 atom stereocenters. The maximum Gasteiger partial charge on any atom is 0.298 e. The van der Waals surface area contributed by atoms with Crippen LogP contribution in [0.1, 0.15) is 0 Å². The van der Waals surface area contributed by atoms with Crippen LogP contribution in [-0.4, -0.2) is 16.4 Å². The fraction of sp³-hybridized carbons (Fsp3) is 0. The molecule has 0 saturated heterocycles. The van der Waals surface area contributed by atoms with Gasteiger partial charge in [-0.1, -0.05) is 0 Å². The number of nitrogens with one attached hydrogen (secondary N) is 1. The predicted molar refractivity (Wildman–Crippen MR) is 41.3 cm³/mol. The van der Waals surface area contributed by atoms with E-state index < -0.39 is 5.56 Å². The van der Waals surface area contributed by atoms with E-state index in [1.807, 2.05) is 0 Å². The Bertz CT molecular complexity index is 498. The van der Waals surface area contributed by atoms with E-state index in [1.54, 1.807) is 0 Å². The molecule has 0 saturated carbocycles. The highest BCUT2D eigenvalue weighted by molar-refractivity contribution is 5.79. The molecule has 0 amide bonds. The molecule has 0 unspecified atom stereocenters. The lowest BCUT2D eigenvalue weighted by atomic mass is 10.4. The van der Waals surface area contributed by atoms with Crippen LogP contribution in [0, 0.1) is 0 Å². The van der Waals surface area contributed by atoms with Gasteiger partial charge in [-0.25, -0.2) is 4.98 Å². The number of nitrogens with zero attached hydrogens (tertiary/aromatic N) is 1. The highest BCUT2D eigenvalue weighted by Gasteiger charge is 2.10. The Kier molecular flexibility index (Phi) is 1.59. The third-order valence-corrected chi connectivity index (χ3v) is 1.50. The number of hydrogen-bond acceptors (Lipinski definition) is 5. The second-order valence-corrected chi connectivity index (χ2v) is 2.22.